The number of aromatic hydroxyl groups is 1. The normalized spacial score (nSPS) is 10.5. The summed E-state index contributed by atoms with van der Waals surface area (Å²) in [7, 11) is 0. The second-order valence-corrected chi connectivity index (χ2v) is 2.95. The highest BCUT2D eigenvalue weighted by Gasteiger charge is 2.04. The summed E-state index contributed by atoms with van der Waals surface area (Å²) in [6, 6.07) is 3.01. The molecule has 66 valence electrons. The molecule has 3 N–H and O–H groups in total. The molecule has 4 nitrogen and oxygen atoms in total. The second-order valence-electron chi connectivity index (χ2n) is 2.59. The molecule has 0 bridgehead atoms. The lowest BCUT2D eigenvalue weighted by molar-refractivity contribution is 0.478. The zero-order chi connectivity index (χ0) is 9.42. The molecule has 0 unspecified atom stereocenters. The van der Waals surface area contributed by atoms with Crippen molar-refractivity contribution in [2.45, 2.75) is 0 Å². The number of benzene rings is 1. The number of fused-ring (bicyclic) bond motifs is 1. The van der Waals surface area contributed by atoms with Crippen molar-refractivity contribution < 1.29 is 5.11 Å². The van der Waals surface area contributed by atoms with Crippen molar-refractivity contribution in [3.63, 3.8) is 0 Å². The van der Waals surface area contributed by atoms with Crippen molar-refractivity contribution in [1.82, 2.24) is 9.97 Å². The van der Waals surface area contributed by atoms with Crippen molar-refractivity contribution in [3.05, 3.63) is 23.6 Å². The Hall–Kier alpha value is -1.55. The molecule has 0 saturated carbocycles. The van der Waals surface area contributed by atoms with E-state index in [2.05, 4.69) is 9.97 Å². The molecule has 0 atom stereocenters. The first-order valence-electron chi connectivity index (χ1n) is 3.57. The highest BCUT2D eigenvalue weighted by Crippen LogP contribution is 2.28. The van der Waals surface area contributed by atoms with Crippen LogP contribution in [0.1, 0.15) is 0 Å². The minimum absolute atomic E-state index is 0.00210. The second kappa shape index (κ2) is 2.74. The van der Waals surface area contributed by atoms with Crippen LogP contribution in [0, 0.1) is 0 Å². The molecule has 0 saturated heterocycles. The Balaban J connectivity index is 2.89. The smallest absolute Gasteiger partial charge is 0.140 e. The summed E-state index contributed by atoms with van der Waals surface area (Å²) in [6.07, 6.45) is 1.33. The summed E-state index contributed by atoms with van der Waals surface area (Å²) in [5, 5.41) is 10.2. The maximum absolute atomic E-state index is 9.28. The summed E-state index contributed by atoms with van der Waals surface area (Å²) in [6.45, 7) is 0. The topological polar surface area (TPSA) is 72.0 Å². The van der Waals surface area contributed by atoms with Crippen LogP contribution in [0.2, 0.25) is 5.15 Å². The highest BCUT2D eigenvalue weighted by atomic mass is 35.5. The van der Waals surface area contributed by atoms with Gasteiger partial charge in [0, 0.05) is 11.5 Å². The maximum Gasteiger partial charge on any atom is 0.140 e. The van der Waals surface area contributed by atoms with Crippen molar-refractivity contribution in [1.29, 1.82) is 0 Å². The first-order valence-corrected chi connectivity index (χ1v) is 3.95. The first kappa shape index (κ1) is 8.07. The Morgan fingerprint density at radius 3 is 2.85 bits per heavy atom. The number of rotatable bonds is 0. The summed E-state index contributed by atoms with van der Waals surface area (Å²) in [5.41, 5.74) is 6.33. The molecule has 1 aromatic heterocycles. The number of phenolic OH excluding ortho intramolecular Hbond substituents is 1. The van der Waals surface area contributed by atoms with Gasteiger partial charge in [-0.25, -0.2) is 9.97 Å². The lowest BCUT2D eigenvalue weighted by atomic mass is 10.2. The average Bonchev–Trinajstić information content (AvgIpc) is 2.09. The molecule has 0 aliphatic heterocycles. The van der Waals surface area contributed by atoms with E-state index in [9.17, 15) is 5.11 Å². The number of nitrogens with two attached hydrogens (primary N) is 1. The molecule has 0 radical (unpaired) electrons. The molecular formula is C8H6ClN3O. The molecular weight excluding hydrogens is 190 g/mol. The van der Waals surface area contributed by atoms with Crippen LogP contribution in [0.5, 0.6) is 5.75 Å². The molecule has 0 fully saturated rings. The van der Waals surface area contributed by atoms with Gasteiger partial charge in [0.2, 0.25) is 0 Å². The van der Waals surface area contributed by atoms with E-state index in [0.717, 1.165) is 0 Å². The van der Waals surface area contributed by atoms with Crippen molar-refractivity contribution >= 4 is 28.2 Å². The van der Waals surface area contributed by atoms with Crippen LogP contribution in [0.4, 0.5) is 5.69 Å². The zero-order valence-corrected chi connectivity index (χ0v) is 7.28. The number of hydrogen-bond donors (Lipinski definition) is 2. The fourth-order valence-electron chi connectivity index (χ4n) is 1.08. The van der Waals surface area contributed by atoms with Crippen LogP contribution in [0.15, 0.2) is 18.5 Å². The maximum atomic E-state index is 9.28. The number of phenols is 1. The fraction of sp³-hybridized carbons (Fsp3) is 0. The minimum atomic E-state index is 0.00210. The predicted molar refractivity (Wildman–Crippen MR) is 50.6 cm³/mol. The Bertz CT molecular complexity index is 472. The largest absolute Gasteiger partial charge is 0.506 e. The van der Waals surface area contributed by atoms with Gasteiger partial charge >= 0.3 is 0 Å². The van der Waals surface area contributed by atoms with E-state index < -0.39 is 0 Å². The predicted octanol–water partition coefficient (Wildman–Crippen LogP) is 1.57. The summed E-state index contributed by atoms with van der Waals surface area (Å²) in [4.78, 5) is 7.73. The van der Waals surface area contributed by atoms with Crippen LogP contribution >= 0.6 is 11.6 Å². The van der Waals surface area contributed by atoms with E-state index in [1.807, 2.05) is 0 Å². The number of nitrogen functional groups attached to an aromatic ring is 1. The van der Waals surface area contributed by atoms with Gasteiger partial charge in [0.25, 0.3) is 0 Å². The number of aromatic nitrogens is 2. The van der Waals surface area contributed by atoms with Gasteiger partial charge in [-0.3, -0.25) is 0 Å². The molecule has 5 heteroatoms. The Morgan fingerprint density at radius 2 is 2.08 bits per heavy atom. The zero-order valence-electron chi connectivity index (χ0n) is 6.53. The summed E-state index contributed by atoms with van der Waals surface area (Å²) in [5.74, 6) is 0.00210. The summed E-state index contributed by atoms with van der Waals surface area (Å²) >= 11 is 5.79. The molecule has 0 spiro atoms. The van der Waals surface area contributed by atoms with Gasteiger partial charge in [-0.15, -0.1) is 0 Å². The Morgan fingerprint density at radius 1 is 1.31 bits per heavy atom. The van der Waals surface area contributed by atoms with Gasteiger partial charge in [0.15, 0.2) is 0 Å². The van der Waals surface area contributed by atoms with Crippen molar-refractivity contribution in [2.75, 3.05) is 5.73 Å². The first-order chi connectivity index (χ1) is 6.18. The van der Waals surface area contributed by atoms with E-state index in [0.29, 0.717) is 16.1 Å². The number of nitrogens with zero attached hydrogens (tertiary/aromatic N) is 2. The third-order valence-electron chi connectivity index (χ3n) is 1.74. The van der Waals surface area contributed by atoms with Crippen LogP contribution in [0.25, 0.3) is 10.9 Å². The lowest BCUT2D eigenvalue weighted by Gasteiger charge is -2.01. The van der Waals surface area contributed by atoms with Crippen LogP contribution in [-0.4, -0.2) is 15.1 Å². The molecule has 13 heavy (non-hydrogen) atoms. The molecule has 0 aliphatic rings. The Kier molecular flexibility index (Phi) is 1.70. The van der Waals surface area contributed by atoms with E-state index in [4.69, 9.17) is 17.3 Å². The van der Waals surface area contributed by atoms with E-state index >= 15 is 0 Å². The van der Waals surface area contributed by atoms with Gasteiger partial charge in [0.05, 0.1) is 11.2 Å². The third kappa shape index (κ3) is 1.25. The SMILES string of the molecule is Nc1cc2c(Cl)ncnc2cc1O. The molecule has 2 aromatic rings. The number of hydrogen-bond acceptors (Lipinski definition) is 4. The lowest BCUT2D eigenvalue weighted by Crippen LogP contribution is -1.89. The van der Waals surface area contributed by atoms with E-state index in [1.165, 1.54) is 12.4 Å². The third-order valence-corrected chi connectivity index (χ3v) is 2.04. The minimum Gasteiger partial charge on any atom is -0.506 e. The van der Waals surface area contributed by atoms with Crippen molar-refractivity contribution in [2.24, 2.45) is 0 Å². The van der Waals surface area contributed by atoms with Crippen molar-refractivity contribution in [3.8, 4) is 5.75 Å². The van der Waals surface area contributed by atoms with Gasteiger partial charge < -0.3 is 10.8 Å². The molecule has 1 aromatic carbocycles. The monoisotopic (exact) mass is 195 g/mol. The van der Waals surface area contributed by atoms with Gasteiger partial charge in [0.1, 0.15) is 17.2 Å². The van der Waals surface area contributed by atoms with Crippen LogP contribution in [-0.2, 0) is 0 Å². The van der Waals surface area contributed by atoms with E-state index in [1.54, 1.807) is 6.07 Å². The number of anilines is 1. The van der Waals surface area contributed by atoms with Gasteiger partial charge in [-0.05, 0) is 6.07 Å². The van der Waals surface area contributed by atoms with Gasteiger partial charge in [-0.2, -0.15) is 0 Å². The highest BCUT2D eigenvalue weighted by molar-refractivity contribution is 6.34. The standard InChI is InChI=1S/C8H6ClN3O/c9-8-4-1-5(10)7(13)2-6(4)11-3-12-8/h1-3,13H,10H2. The van der Waals surface area contributed by atoms with Crippen LogP contribution < -0.4 is 5.73 Å². The van der Waals surface area contributed by atoms with Crippen LogP contribution in [0.3, 0.4) is 0 Å². The van der Waals surface area contributed by atoms with E-state index in [-0.39, 0.29) is 11.4 Å². The average molecular weight is 196 g/mol. The summed E-state index contributed by atoms with van der Waals surface area (Å²) < 4.78 is 0. The molecule has 2 rings (SSSR count). The Labute approximate surface area is 79.0 Å². The molecule has 0 aliphatic carbocycles. The molecule has 1 heterocycles. The quantitative estimate of drug-likeness (QED) is 0.380. The number of halogens is 1. The van der Waals surface area contributed by atoms with Gasteiger partial charge in [-0.1, -0.05) is 11.6 Å². The molecule has 0 amide bonds. The fourth-order valence-corrected chi connectivity index (χ4v) is 1.27.